The van der Waals surface area contributed by atoms with Gasteiger partial charge in [-0.1, -0.05) is 53.5 Å². The van der Waals surface area contributed by atoms with Crippen molar-refractivity contribution in [2.45, 2.75) is 6.92 Å². The first-order chi connectivity index (χ1) is 10.5. The third-order valence-electron chi connectivity index (χ3n) is 3.50. The number of rotatable bonds is 2. The maximum absolute atomic E-state index is 12.5. The lowest BCUT2D eigenvalue weighted by molar-refractivity contribution is 0.0982. The molecule has 2 aromatic rings. The van der Waals surface area contributed by atoms with Crippen LogP contribution in [0.25, 0.3) is 0 Å². The molecule has 3 rings (SSSR count). The van der Waals surface area contributed by atoms with Crippen molar-refractivity contribution in [2.24, 2.45) is 0 Å². The molecule has 0 fully saturated rings. The second kappa shape index (κ2) is 5.59. The van der Waals surface area contributed by atoms with Crippen LogP contribution in [0.5, 0.6) is 0 Å². The van der Waals surface area contributed by atoms with Crippen molar-refractivity contribution in [3.8, 4) is 0 Å². The minimum atomic E-state index is -0.363. The number of anilines is 1. The highest BCUT2D eigenvalue weighted by molar-refractivity contribution is 6.50. The molecule has 0 atom stereocenters. The third kappa shape index (κ3) is 2.43. The number of benzene rings is 2. The fourth-order valence-electron chi connectivity index (χ4n) is 2.27. The Labute approximate surface area is 137 Å². The number of ketones is 2. The van der Waals surface area contributed by atoms with Gasteiger partial charge in [0.05, 0.1) is 0 Å². The Morgan fingerprint density at radius 1 is 0.909 bits per heavy atom. The Kier molecular flexibility index (Phi) is 3.77. The lowest BCUT2D eigenvalue weighted by Gasteiger charge is -2.19. The van der Waals surface area contributed by atoms with E-state index in [1.54, 1.807) is 36.4 Å². The highest BCUT2D eigenvalue weighted by Crippen LogP contribution is 2.30. The Bertz CT molecular complexity index is 840. The topological polar surface area (TPSA) is 46.2 Å². The van der Waals surface area contributed by atoms with Crippen molar-refractivity contribution in [3.63, 3.8) is 0 Å². The summed E-state index contributed by atoms with van der Waals surface area (Å²) in [6.45, 7) is 1.88. The maximum Gasteiger partial charge on any atom is 0.211 e. The van der Waals surface area contributed by atoms with E-state index in [2.05, 4.69) is 5.32 Å². The minimum Gasteiger partial charge on any atom is -0.351 e. The van der Waals surface area contributed by atoms with Gasteiger partial charge >= 0.3 is 0 Å². The van der Waals surface area contributed by atoms with Crippen LogP contribution in [0, 0.1) is 6.92 Å². The first-order valence-corrected chi connectivity index (χ1v) is 7.36. The van der Waals surface area contributed by atoms with E-state index in [1.165, 1.54) is 0 Å². The highest BCUT2D eigenvalue weighted by Gasteiger charge is 2.31. The molecule has 22 heavy (non-hydrogen) atoms. The van der Waals surface area contributed by atoms with Crippen molar-refractivity contribution in [1.82, 2.24) is 0 Å². The molecule has 5 heteroatoms. The van der Waals surface area contributed by atoms with Crippen LogP contribution in [-0.2, 0) is 0 Å². The molecule has 0 heterocycles. The largest absolute Gasteiger partial charge is 0.351 e. The average molecular weight is 332 g/mol. The summed E-state index contributed by atoms with van der Waals surface area (Å²) < 4.78 is 0. The highest BCUT2D eigenvalue weighted by atomic mass is 35.5. The lowest BCUT2D eigenvalue weighted by atomic mass is 9.92. The molecule has 110 valence electrons. The van der Waals surface area contributed by atoms with Crippen molar-refractivity contribution >= 4 is 40.5 Å². The van der Waals surface area contributed by atoms with Gasteiger partial charge in [0.15, 0.2) is 0 Å². The third-order valence-corrected chi connectivity index (χ3v) is 4.27. The first kappa shape index (κ1) is 14.8. The number of carbonyl (C=O) groups excluding carboxylic acids is 2. The molecule has 0 aromatic heterocycles. The van der Waals surface area contributed by atoms with E-state index in [4.69, 9.17) is 23.2 Å². The van der Waals surface area contributed by atoms with Crippen molar-refractivity contribution in [2.75, 3.05) is 5.32 Å². The zero-order valence-electron chi connectivity index (χ0n) is 11.6. The minimum absolute atomic E-state index is 0.0743. The van der Waals surface area contributed by atoms with Crippen LogP contribution in [0.4, 0.5) is 5.69 Å². The predicted molar refractivity (Wildman–Crippen MR) is 87.8 cm³/mol. The first-order valence-electron chi connectivity index (χ1n) is 6.60. The zero-order valence-corrected chi connectivity index (χ0v) is 13.1. The summed E-state index contributed by atoms with van der Waals surface area (Å²) in [5.74, 6) is -0.672. The monoisotopic (exact) mass is 331 g/mol. The molecule has 0 spiro atoms. The predicted octanol–water partition coefficient (Wildman–Crippen LogP) is 4.59. The lowest BCUT2D eigenvalue weighted by Crippen LogP contribution is -2.24. The van der Waals surface area contributed by atoms with Crippen molar-refractivity contribution < 1.29 is 9.59 Å². The van der Waals surface area contributed by atoms with Crippen LogP contribution < -0.4 is 5.32 Å². The normalized spacial score (nSPS) is 14.1. The molecule has 0 amide bonds. The number of allylic oxidation sites excluding steroid dienone is 2. The Morgan fingerprint density at radius 3 is 2.18 bits per heavy atom. The number of nitrogens with one attached hydrogen (secondary N) is 1. The number of carbonyl (C=O) groups is 2. The summed E-state index contributed by atoms with van der Waals surface area (Å²) in [5.41, 5.74) is 2.26. The number of hydrogen-bond acceptors (Lipinski definition) is 3. The molecule has 0 unspecified atom stereocenters. The van der Waals surface area contributed by atoms with Gasteiger partial charge in [-0.3, -0.25) is 9.59 Å². The van der Waals surface area contributed by atoms with Gasteiger partial charge in [0, 0.05) is 21.8 Å². The molecular formula is C17H11Cl2NO2. The summed E-state index contributed by atoms with van der Waals surface area (Å²) in [5, 5.41) is 3.37. The van der Waals surface area contributed by atoms with E-state index >= 15 is 0 Å². The van der Waals surface area contributed by atoms with Crippen LogP contribution in [-0.4, -0.2) is 11.6 Å². The Morgan fingerprint density at radius 2 is 1.55 bits per heavy atom. The van der Waals surface area contributed by atoms with Crippen LogP contribution in [0.1, 0.15) is 26.3 Å². The van der Waals surface area contributed by atoms with E-state index in [0.717, 1.165) is 5.56 Å². The number of hydrogen-bond donors (Lipinski definition) is 1. The van der Waals surface area contributed by atoms with Crippen LogP contribution in [0.3, 0.4) is 0 Å². The number of halogens is 2. The molecule has 2 aromatic carbocycles. The SMILES string of the molecule is Cc1ccc(NC2=C(Cl)C(=O)c3ccccc3C2=O)cc1Cl. The summed E-state index contributed by atoms with van der Waals surface area (Å²) in [6, 6.07) is 11.9. The Balaban J connectivity index is 2.03. The molecule has 0 bridgehead atoms. The molecule has 0 radical (unpaired) electrons. The maximum atomic E-state index is 12.5. The molecule has 3 nitrogen and oxygen atoms in total. The average Bonchev–Trinajstić information content (AvgIpc) is 2.53. The molecule has 0 saturated heterocycles. The van der Waals surface area contributed by atoms with Gasteiger partial charge < -0.3 is 5.32 Å². The van der Waals surface area contributed by atoms with E-state index in [1.807, 2.05) is 13.0 Å². The van der Waals surface area contributed by atoms with Crippen molar-refractivity contribution in [1.29, 1.82) is 0 Å². The van der Waals surface area contributed by atoms with Gasteiger partial charge in [0.25, 0.3) is 0 Å². The quantitative estimate of drug-likeness (QED) is 0.875. The van der Waals surface area contributed by atoms with Crippen LogP contribution >= 0.6 is 23.2 Å². The van der Waals surface area contributed by atoms with E-state index in [9.17, 15) is 9.59 Å². The number of Topliss-reactive ketones (excluding diaryl/α,β-unsaturated/α-hetero) is 2. The standard InChI is InChI=1S/C17H11Cl2NO2/c1-9-6-7-10(8-13(9)18)20-15-14(19)16(21)11-4-2-3-5-12(11)17(15)22/h2-8,20H,1H3. The number of fused-ring (bicyclic) bond motifs is 1. The van der Waals surface area contributed by atoms with Gasteiger partial charge in [0.2, 0.25) is 11.6 Å². The van der Waals surface area contributed by atoms with Gasteiger partial charge in [-0.15, -0.1) is 0 Å². The van der Waals surface area contributed by atoms with Crippen LogP contribution in [0.15, 0.2) is 53.2 Å². The van der Waals surface area contributed by atoms with E-state index < -0.39 is 0 Å². The number of aryl methyl sites for hydroxylation is 1. The smallest absolute Gasteiger partial charge is 0.211 e. The van der Waals surface area contributed by atoms with Gasteiger partial charge in [-0.2, -0.15) is 0 Å². The zero-order chi connectivity index (χ0) is 15.9. The summed E-state index contributed by atoms with van der Waals surface area (Å²) in [6.07, 6.45) is 0. The molecule has 0 aliphatic heterocycles. The molecule has 1 N–H and O–H groups in total. The summed E-state index contributed by atoms with van der Waals surface area (Å²) in [7, 11) is 0. The van der Waals surface area contributed by atoms with Crippen LogP contribution in [0.2, 0.25) is 5.02 Å². The van der Waals surface area contributed by atoms with Gasteiger partial charge in [0.1, 0.15) is 10.7 Å². The molecule has 0 saturated carbocycles. The van der Waals surface area contributed by atoms with Crippen molar-refractivity contribution in [3.05, 3.63) is 74.9 Å². The Hall–Kier alpha value is -2.10. The van der Waals surface area contributed by atoms with Gasteiger partial charge in [-0.25, -0.2) is 0 Å². The second-order valence-corrected chi connectivity index (χ2v) is 5.77. The molecule has 1 aliphatic carbocycles. The fourth-order valence-corrected chi connectivity index (χ4v) is 2.69. The van der Waals surface area contributed by atoms with Gasteiger partial charge in [-0.05, 0) is 24.6 Å². The van der Waals surface area contributed by atoms with E-state index in [0.29, 0.717) is 21.8 Å². The van der Waals surface area contributed by atoms with E-state index in [-0.39, 0.29) is 22.3 Å². The summed E-state index contributed by atoms with van der Waals surface area (Å²) in [4.78, 5) is 24.8. The molecule has 1 aliphatic rings. The fraction of sp³-hybridized carbons (Fsp3) is 0.0588. The molecular weight excluding hydrogens is 321 g/mol. The second-order valence-electron chi connectivity index (χ2n) is 4.98. The summed E-state index contributed by atoms with van der Waals surface area (Å²) >= 11 is 12.2.